The van der Waals surface area contributed by atoms with Gasteiger partial charge in [-0.15, -0.1) is 0 Å². The largest absolute Gasteiger partial charge is 0.454 e. The van der Waals surface area contributed by atoms with Gasteiger partial charge in [-0.2, -0.15) is 0 Å². The maximum atomic E-state index is 11.8. The van der Waals surface area contributed by atoms with Gasteiger partial charge in [0.2, 0.25) is 12.7 Å². The SMILES string of the molecule is O=C(/C=C/c1ccccc1)NCC(=O)OCC(=O)NCc1ccc2c(c1)OCO2. The number of esters is 1. The smallest absolute Gasteiger partial charge is 0.325 e. The number of hydrogen-bond donors (Lipinski definition) is 2. The summed E-state index contributed by atoms with van der Waals surface area (Å²) in [5.74, 6) is -0.302. The van der Waals surface area contributed by atoms with Gasteiger partial charge in [-0.25, -0.2) is 0 Å². The molecule has 1 aliphatic heterocycles. The minimum absolute atomic E-state index is 0.180. The molecular formula is C21H20N2O6. The lowest BCUT2D eigenvalue weighted by Gasteiger charge is -2.07. The molecule has 0 saturated heterocycles. The van der Waals surface area contributed by atoms with Crippen LogP contribution >= 0.6 is 0 Å². The van der Waals surface area contributed by atoms with E-state index in [1.807, 2.05) is 30.3 Å². The van der Waals surface area contributed by atoms with Crippen molar-refractivity contribution in [1.29, 1.82) is 0 Å². The second-order valence-corrected chi connectivity index (χ2v) is 6.09. The highest BCUT2D eigenvalue weighted by molar-refractivity contribution is 5.93. The van der Waals surface area contributed by atoms with Crippen LogP contribution in [0.3, 0.4) is 0 Å². The molecule has 2 N–H and O–H groups in total. The molecule has 0 aliphatic carbocycles. The molecule has 29 heavy (non-hydrogen) atoms. The molecular weight excluding hydrogens is 376 g/mol. The number of benzene rings is 2. The van der Waals surface area contributed by atoms with Crippen LogP contribution in [0.1, 0.15) is 11.1 Å². The van der Waals surface area contributed by atoms with Crippen molar-refractivity contribution in [2.24, 2.45) is 0 Å². The van der Waals surface area contributed by atoms with Crippen molar-refractivity contribution in [2.75, 3.05) is 19.9 Å². The van der Waals surface area contributed by atoms with Gasteiger partial charge in [0.15, 0.2) is 18.1 Å². The Morgan fingerprint density at radius 1 is 1.00 bits per heavy atom. The first kappa shape index (κ1) is 19.9. The summed E-state index contributed by atoms with van der Waals surface area (Å²) in [6.45, 7) is -0.319. The number of carbonyl (C=O) groups is 3. The zero-order chi connectivity index (χ0) is 20.5. The molecule has 3 rings (SSSR count). The Morgan fingerprint density at radius 3 is 2.62 bits per heavy atom. The van der Waals surface area contributed by atoms with E-state index in [4.69, 9.17) is 14.2 Å². The number of fused-ring (bicyclic) bond motifs is 1. The lowest BCUT2D eigenvalue weighted by atomic mass is 10.2. The van der Waals surface area contributed by atoms with Gasteiger partial charge >= 0.3 is 5.97 Å². The summed E-state index contributed by atoms with van der Waals surface area (Å²) in [5.41, 5.74) is 1.69. The van der Waals surface area contributed by atoms with Crippen molar-refractivity contribution in [3.05, 3.63) is 65.7 Å². The Labute approximate surface area is 167 Å². The van der Waals surface area contributed by atoms with E-state index in [9.17, 15) is 14.4 Å². The minimum Gasteiger partial charge on any atom is -0.454 e. The predicted octanol–water partition coefficient (Wildman–Crippen LogP) is 1.40. The van der Waals surface area contributed by atoms with Gasteiger partial charge in [0.25, 0.3) is 5.91 Å². The van der Waals surface area contributed by atoms with Crippen molar-refractivity contribution < 1.29 is 28.6 Å². The van der Waals surface area contributed by atoms with E-state index in [0.29, 0.717) is 11.5 Å². The lowest BCUT2D eigenvalue weighted by molar-refractivity contribution is -0.148. The Bertz CT molecular complexity index is 911. The molecule has 2 aromatic carbocycles. The highest BCUT2D eigenvalue weighted by Crippen LogP contribution is 2.32. The maximum Gasteiger partial charge on any atom is 0.325 e. The molecule has 0 atom stereocenters. The fourth-order valence-corrected chi connectivity index (χ4v) is 2.45. The van der Waals surface area contributed by atoms with Crippen molar-refractivity contribution >= 4 is 23.9 Å². The number of nitrogens with one attached hydrogen (secondary N) is 2. The van der Waals surface area contributed by atoms with Crippen LogP contribution in [0.5, 0.6) is 11.5 Å². The van der Waals surface area contributed by atoms with Crippen LogP contribution < -0.4 is 20.1 Å². The Kier molecular flexibility index (Phi) is 6.83. The number of carbonyl (C=O) groups excluding carboxylic acids is 3. The van der Waals surface area contributed by atoms with Gasteiger partial charge in [-0.3, -0.25) is 14.4 Å². The number of rotatable bonds is 8. The van der Waals surface area contributed by atoms with E-state index in [0.717, 1.165) is 11.1 Å². The standard InChI is InChI=1S/C21H20N2O6/c24-19(9-7-15-4-2-1-3-5-15)23-12-21(26)27-13-20(25)22-11-16-6-8-17-18(10-16)29-14-28-17/h1-10H,11-14H2,(H,22,25)(H,23,24)/b9-7+. The lowest BCUT2D eigenvalue weighted by Crippen LogP contribution is -2.33. The molecule has 0 fully saturated rings. The maximum absolute atomic E-state index is 11.8. The summed E-state index contributed by atoms with van der Waals surface area (Å²) in [6, 6.07) is 14.6. The van der Waals surface area contributed by atoms with Gasteiger partial charge in [-0.05, 0) is 29.3 Å². The fraction of sp³-hybridized carbons (Fsp3) is 0.190. The molecule has 8 heteroatoms. The molecule has 2 aromatic rings. The molecule has 0 aromatic heterocycles. The summed E-state index contributed by atoms with van der Waals surface area (Å²) < 4.78 is 15.3. The first-order chi connectivity index (χ1) is 14.1. The summed E-state index contributed by atoms with van der Waals surface area (Å²) >= 11 is 0. The van der Waals surface area contributed by atoms with Gasteiger partial charge < -0.3 is 24.8 Å². The normalized spacial score (nSPS) is 11.9. The Morgan fingerprint density at radius 2 is 1.79 bits per heavy atom. The third-order valence-corrected chi connectivity index (χ3v) is 3.92. The molecule has 0 bridgehead atoms. The van der Waals surface area contributed by atoms with E-state index >= 15 is 0 Å². The molecule has 150 valence electrons. The first-order valence-corrected chi connectivity index (χ1v) is 8.92. The third-order valence-electron chi connectivity index (χ3n) is 3.92. The predicted molar refractivity (Wildman–Crippen MR) is 104 cm³/mol. The molecule has 0 spiro atoms. The van der Waals surface area contributed by atoms with Crippen LogP contribution in [0.4, 0.5) is 0 Å². The molecule has 0 saturated carbocycles. The van der Waals surface area contributed by atoms with E-state index < -0.39 is 24.4 Å². The Balaban J connectivity index is 1.32. The van der Waals surface area contributed by atoms with Gasteiger partial charge in [0, 0.05) is 12.6 Å². The summed E-state index contributed by atoms with van der Waals surface area (Å²) in [4.78, 5) is 35.2. The van der Waals surface area contributed by atoms with Crippen LogP contribution in [0, 0.1) is 0 Å². The average Bonchev–Trinajstić information content (AvgIpc) is 3.22. The molecule has 1 aliphatic rings. The number of amides is 2. The van der Waals surface area contributed by atoms with Crippen LogP contribution in [0.15, 0.2) is 54.6 Å². The van der Waals surface area contributed by atoms with Gasteiger partial charge in [-0.1, -0.05) is 36.4 Å². The number of ether oxygens (including phenoxy) is 3. The van der Waals surface area contributed by atoms with E-state index in [1.54, 1.807) is 24.3 Å². The van der Waals surface area contributed by atoms with Crippen LogP contribution in [-0.2, 0) is 25.7 Å². The van der Waals surface area contributed by atoms with Crippen LogP contribution in [0.2, 0.25) is 0 Å². The average molecular weight is 396 g/mol. The van der Waals surface area contributed by atoms with Crippen molar-refractivity contribution in [3.8, 4) is 11.5 Å². The molecule has 8 nitrogen and oxygen atoms in total. The van der Waals surface area contributed by atoms with E-state index in [2.05, 4.69) is 10.6 Å². The number of hydrogen-bond acceptors (Lipinski definition) is 6. The van der Waals surface area contributed by atoms with Gasteiger partial charge in [0.05, 0.1) is 0 Å². The highest BCUT2D eigenvalue weighted by atomic mass is 16.7. The summed E-state index contributed by atoms with van der Waals surface area (Å²) in [7, 11) is 0. The second kappa shape index (κ2) is 9.93. The second-order valence-electron chi connectivity index (χ2n) is 6.09. The summed E-state index contributed by atoms with van der Waals surface area (Å²) in [5, 5.41) is 5.04. The Hall–Kier alpha value is -3.81. The van der Waals surface area contributed by atoms with Crippen molar-refractivity contribution in [3.63, 3.8) is 0 Å². The van der Waals surface area contributed by atoms with Crippen molar-refractivity contribution in [2.45, 2.75) is 6.54 Å². The minimum atomic E-state index is -0.704. The van der Waals surface area contributed by atoms with Crippen LogP contribution in [-0.4, -0.2) is 37.7 Å². The fourth-order valence-electron chi connectivity index (χ4n) is 2.45. The molecule has 0 radical (unpaired) electrons. The zero-order valence-corrected chi connectivity index (χ0v) is 15.6. The van der Waals surface area contributed by atoms with Crippen LogP contribution in [0.25, 0.3) is 6.08 Å². The third kappa shape index (κ3) is 6.39. The molecule has 2 amide bonds. The van der Waals surface area contributed by atoms with E-state index in [1.165, 1.54) is 6.08 Å². The van der Waals surface area contributed by atoms with Crippen molar-refractivity contribution in [1.82, 2.24) is 10.6 Å². The van der Waals surface area contributed by atoms with E-state index in [-0.39, 0.29) is 19.9 Å². The monoisotopic (exact) mass is 396 g/mol. The quantitative estimate of drug-likeness (QED) is 0.517. The molecule has 0 unspecified atom stereocenters. The summed E-state index contributed by atoms with van der Waals surface area (Å²) in [6.07, 6.45) is 2.95. The highest BCUT2D eigenvalue weighted by Gasteiger charge is 2.14. The zero-order valence-electron chi connectivity index (χ0n) is 15.6. The topological polar surface area (TPSA) is 103 Å². The first-order valence-electron chi connectivity index (χ1n) is 8.92. The van der Waals surface area contributed by atoms with Gasteiger partial charge in [0.1, 0.15) is 6.54 Å². The molecule has 1 heterocycles.